The highest BCUT2D eigenvalue weighted by Crippen LogP contribution is 2.31. The van der Waals surface area contributed by atoms with Crippen molar-refractivity contribution in [3.63, 3.8) is 0 Å². The molecule has 1 nitrogen and oxygen atoms in total. The third-order valence-electron chi connectivity index (χ3n) is 7.35. The molecule has 0 N–H and O–H groups in total. The van der Waals surface area contributed by atoms with Crippen LogP contribution in [0.5, 0.6) is 5.75 Å². The summed E-state index contributed by atoms with van der Waals surface area (Å²) in [6.45, 7) is 4.76. The van der Waals surface area contributed by atoms with Crippen molar-refractivity contribution in [3.8, 4) is 28.0 Å². The molecule has 3 aromatic carbocycles. The van der Waals surface area contributed by atoms with Crippen molar-refractivity contribution < 1.29 is 13.5 Å². The van der Waals surface area contributed by atoms with Gasteiger partial charge in [0.25, 0.3) is 0 Å². The van der Waals surface area contributed by atoms with Crippen LogP contribution in [0.3, 0.4) is 0 Å². The maximum atomic E-state index is 14.8. The van der Waals surface area contributed by atoms with Gasteiger partial charge in [0.15, 0.2) is 11.6 Å². The summed E-state index contributed by atoms with van der Waals surface area (Å²) in [4.78, 5) is 0. The molecule has 0 heterocycles. The second kappa shape index (κ2) is 17.0. The maximum absolute atomic E-state index is 14.8. The predicted molar refractivity (Wildman–Crippen MR) is 158 cm³/mol. The van der Waals surface area contributed by atoms with Crippen LogP contribution in [-0.2, 0) is 6.42 Å². The molecule has 0 aliphatic carbocycles. The van der Waals surface area contributed by atoms with E-state index in [0.29, 0.717) is 12.2 Å². The van der Waals surface area contributed by atoms with E-state index < -0.39 is 11.6 Å². The Morgan fingerprint density at radius 1 is 0.500 bits per heavy atom. The highest BCUT2D eigenvalue weighted by atomic mass is 19.2. The normalized spacial score (nSPS) is 11.2. The van der Waals surface area contributed by atoms with Crippen LogP contribution in [0.2, 0.25) is 0 Å². The lowest BCUT2D eigenvalue weighted by Crippen LogP contribution is -2.01. The molecule has 0 bridgehead atoms. The molecule has 0 aliphatic rings. The molecule has 0 saturated heterocycles. The van der Waals surface area contributed by atoms with E-state index >= 15 is 0 Å². The Morgan fingerprint density at radius 2 is 1.00 bits per heavy atom. The molecule has 0 amide bonds. The van der Waals surface area contributed by atoms with E-state index in [1.54, 1.807) is 6.07 Å². The quantitative estimate of drug-likeness (QED) is 0.152. The highest BCUT2D eigenvalue weighted by molar-refractivity contribution is 5.71. The lowest BCUT2D eigenvalue weighted by Gasteiger charge is -2.11. The summed E-state index contributed by atoms with van der Waals surface area (Å²) in [6, 6.07) is 19.5. The summed E-state index contributed by atoms with van der Waals surface area (Å²) >= 11 is 0. The number of aryl methyl sites for hydroxylation is 1. The fraction of sp³-hybridized carbons (Fsp3) is 0.486. The number of benzene rings is 3. The van der Waals surface area contributed by atoms with E-state index in [0.717, 1.165) is 36.8 Å². The molecule has 0 saturated carbocycles. The first kappa shape index (κ1) is 29.9. The highest BCUT2D eigenvalue weighted by Gasteiger charge is 2.16. The molecule has 3 rings (SSSR count). The monoisotopic (exact) mass is 520 g/mol. The van der Waals surface area contributed by atoms with Crippen molar-refractivity contribution in [3.05, 3.63) is 77.9 Å². The fourth-order valence-electron chi connectivity index (χ4n) is 4.92. The third kappa shape index (κ3) is 9.57. The van der Waals surface area contributed by atoms with Crippen molar-refractivity contribution >= 4 is 0 Å². The minimum atomic E-state index is -0.916. The van der Waals surface area contributed by atoms with Crippen molar-refractivity contribution in [1.82, 2.24) is 0 Å². The fourth-order valence-corrected chi connectivity index (χ4v) is 4.92. The summed E-state index contributed by atoms with van der Waals surface area (Å²) in [5, 5.41) is 0. The number of ether oxygens (including phenoxy) is 1. The molecule has 3 aromatic rings. The first-order chi connectivity index (χ1) is 18.6. The van der Waals surface area contributed by atoms with Crippen LogP contribution >= 0.6 is 0 Å². The SMILES string of the molecule is CCCCCCCCCCCCc1ccc(-c2ccc(-c3ccc(OCCCCC)c(F)c3F)cc2)cc1. The van der Waals surface area contributed by atoms with Crippen molar-refractivity contribution in [2.75, 3.05) is 6.61 Å². The second-order valence-corrected chi connectivity index (χ2v) is 10.5. The maximum Gasteiger partial charge on any atom is 0.201 e. The zero-order valence-corrected chi connectivity index (χ0v) is 23.5. The summed E-state index contributed by atoms with van der Waals surface area (Å²) in [5.41, 5.74) is 4.48. The predicted octanol–water partition coefficient (Wildman–Crippen LogP) is 11.3. The van der Waals surface area contributed by atoms with Gasteiger partial charge in [0.2, 0.25) is 5.82 Å². The molecule has 206 valence electrons. The molecular weight excluding hydrogens is 474 g/mol. The standard InChI is InChI=1S/C35H46F2O/c1-3-5-7-8-9-10-11-12-13-14-16-28-17-19-29(20-18-28)30-21-23-31(24-22-30)32-25-26-33(35(37)34(32)36)38-27-15-6-4-2/h17-26H,3-16,27H2,1-2H3. The van der Waals surface area contributed by atoms with Crippen LogP contribution in [0.15, 0.2) is 60.7 Å². The van der Waals surface area contributed by atoms with Crippen LogP contribution in [0.25, 0.3) is 22.3 Å². The van der Waals surface area contributed by atoms with Crippen LogP contribution < -0.4 is 4.74 Å². The molecule has 0 radical (unpaired) electrons. The zero-order chi connectivity index (χ0) is 27.0. The van der Waals surface area contributed by atoms with E-state index in [1.807, 2.05) is 24.3 Å². The van der Waals surface area contributed by atoms with Crippen molar-refractivity contribution in [2.45, 2.75) is 104 Å². The molecule has 0 aliphatic heterocycles. The number of halogens is 2. The molecule has 0 atom stereocenters. The lowest BCUT2D eigenvalue weighted by molar-refractivity contribution is 0.286. The molecular formula is C35H46F2O. The van der Waals surface area contributed by atoms with Crippen LogP contribution in [0.4, 0.5) is 8.78 Å². The number of unbranched alkanes of at least 4 members (excludes halogenated alkanes) is 11. The molecule has 0 spiro atoms. The van der Waals surface area contributed by atoms with Crippen molar-refractivity contribution in [2.24, 2.45) is 0 Å². The minimum absolute atomic E-state index is 0.0168. The van der Waals surface area contributed by atoms with Gasteiger partial charge in [-0.25, -0.2) is 4.39 Å². The minimum Gasteiger partial charge on any atom is -0.490 e. The number of hydrogen-bond donors (Lipinski definition) is 0. The average molecular weight is 521 g/mol. The van der Waals surface area contributed by atoms with Gasteiger partial charge in [-0.05, 0) is 53.6 Å². The van der Waals surface area contributed by atoms with E-state index in [-0.39, 0.29) is 11.3 Å². The average Bonchev–Trinajstić information content (AvgIpc) is 2.95. The van der Waals surface area contributed by atoms with Crippen LogP contribution in [0.1, 0.15) is 103 Å². The number of hydrogen-bond acceptors (Lipinski definition) is 1. The Labute approximate surface area is 229 Å². The second-order valence-electron chi connectivity index (χ2n) is 10.5. The molecule has 0 aromatic heterocycles. The zero-order valence-electron chi connectivity index (χ0n) is 23.5. The lowest BCUT2D eigenvalue weighted by atomic mass is 9.98. The summed E-state index contributed by atoms with van der Waals surface area (Å²) < 4.78 is 34.8. The molecule has 3 heteroatoms. The van der Waals surface area contributed by atoms with Gasteiger partial charge in [0, 0.05) is 5.56 Å². The van der Waals surface area contributed by atoms with Gasteiger partial charge < -0.3 is 4.74 Å². The smallest absolute Gasteiger partial charge is 0.201 e. The first-order valence-corrected chi connectivity index (χ1v) is 14.9. The Morgan fingerprint density at radius 3 is 1.61 bits per heavy atom. The van der Waals surface area contributed by atoms with E-state index in [9.17, 15) is 8.78 Å². The van der Waals surface area contributed by atoms with Gasteiger partial charge in [-0.1, -0.05) is 133 Å². The van der Waals surface area contributed by atoms with Gasteiger partial charge in [0.05, 0.1) is 6.61 Å². The van der Waals surface area contributed by atoms with Gasteiger partial charge in [-0.2, -0.15) is 4.39 Å². The molecule has 38 heavy (non-hydrogen) atoms. The van der Waals surface area contributed by atoms with E-state index in [2.05, 4.69) is 38.1 Å². The third-order valence-corrected chi connectivity index (χ3v) is 7.35. The first-order valence-electron chi connectivity index (χ1n) is 14.9. The van der Waals surface area contributed by atoms with Gasteiger partial charge in [-0.15, -0.1) is 0 Å². The van der Waals surface area contributed by atoms with E-state index in [1.165, 1.54) is 75.8 Å². The van der Waals surface area contributed by atoms with Crippen LogP contribution in [0, 0.1) is 11.6 Å². The largest absolute Gasteiger partial charge is 0.490 e. The molecule has 0 fully saturated rings. The Balaban J connectivity index is 1.46. The van der Waals surface area contributed by atoms with Gasteiger partial charge in [0.1, 0.15) is 0 Å². The summed E-state index contributed by atoms with van der Waals surface area (Å²) in [6.07, 6.45) is 17.6. The Bertz CT molecular complexity index is 1060. The van der Waals surface area contributed by atoms with Gasteiger partial charge >= 0.3 is 0 Å². The number of rotatable bonds is 18. The molecule has 0 unspecified atom stereocenters. The van der Waals surface area contributed by atoms with E-state index in [4.69, 9.17) is 4.74 Å². The Hall–Kier alpha value is -2.68. The van der Waals surface area contributed by atoms with Crippen molar-refractivity contribution in [1.29, 1.82) is 0 Å². The van der Waals surface area contributed by atoms with Crippen LogP contribution in [-0.4, -0.2) is 6.61 Å². The Kier molecular flexibility index (Phi) is 13.4. The topological polar surface area (TPSA) is 9.23 Å². The summed E-state index contributed by atoms with van der Waals surface area (Å²) in [7, 11) is 0. The summed E-state index contributed by atoms with van der Waals surface area (Å²) in [5.74, 6) is -1.79. The van der Waals surface area contributed by atoms with Gasteiger partial charge in [-0.3, -0.25) is 0 Å².